The molecular weight excluding hydrogens is 221 g/mol. The van der Waals surface area contributed by atoms with E-state index in [2.05, 4.69) is 4.90 Å². The van der Waals surface area contributed by atoms with E-state index in [0.717, 1.165) is 26.3 Å². The zero-order chi connectivity index (χ0) is 12.5. The SMILES string of the molecule is CC(C)(C)OCC1(F)CCN(C2COC2)CC1. The molecule has 0 aliphatic carbocycles. The Morgan fingerprint density at radius 1 is 1.29 bits per heavy atom. The van der Waals surface area contributed by atoms with Crippen LogP contribution in [-0.4, -0.2) is 55.1 Å². The maximum atomic E-state index is 14.5. The smallest absolute Gasteiger partial charge is 0.136 e. The summed E-state index contributed by atoms with van der Waals surface area (Å²) in [4.78, 5) is 2.35. The van der Waals surface area contributed by atoms with Gasteiger partial charge in [-0.1, -0.05) is 0 Å². The molecule has 100 valence electrons. The highest BCUT2D eigenvalue weighted by atomic mass is 19.1. The van der Waals surface area contributed by atoms with Crippen LogP contribution in [0.4, 0.5) is 4.39 Å². The van der Waals surface area contributed by atoms with Crippen molar-refractivity contribution in [3.05, 3.63) is 0 Å². The summed E-state index contributed by atoms with van der Waals surface area (Å²) < 4.78 is 25.2. The largest absolute Gasteiger partial charge is 0.378 e. The molecule has 0 unspecified atom stereocenters. The molecule has 2 aliphatic rings. The number of ether oxygens (including phenoxy) is 2. The lowest BCUT2D eigenvalue weighted by atomic mass is 9.92. The Labute approximate surface area is 103 Å². The van der Waals surface area contributed by atoms with E-state index < -0.39 is 5.67 Å². The number of alkyl halides is 1. The average molecular weight is 245 g/mol. The zero-order valence-corrected chi connectivity index (χ0v) is 11.2. The lowest BCUT2D eigenvalue weighted by Crippen LogP contribution is -2.55. The topological polar surface area (TPSA) is 21.7 Å². The van der Waals surface area contributed by atoms with Crippen LogP contribution in [-0.2, 0) is 9.47 Å². The van der Waals surface area contributed by atoms with Crippen LogP contribution in [0.25, 0.3) is 0 Å². The van der Waals surface area contributed by atoms with Gasteiger partial charge < -0.3 is 9.47 Å². The Hall–Kier alpha value is -0.190. The molecule has 0 aromatic heterocycles. The standard InChI is InChI=1S/C13H24FNO2/c1-12(2,3)17-10-13(14)4-6-15(7-5-13)11-8-16-9-11/h11H,4-10H2,1-3H3. The molecule has 0 aromatic carbocycles. The van der Waals surface area contributed by atoms with Gasteiger partial charge in [-0.3, -0.25) is 4.90 Å². The van der Waals surface area contributed by atoms with E-state index in [4.69, 9.17) is 9.47 Å². The minimum atomic E-state index is -1.13. The quantitative estimate of drug-likeness (QED) is 0.759. The molecule has 2 rings (SSSR count). The molecule has 17 heavy (non-hydrogen) atoms. The normalized spacial score (nSPS) is 26.8. The van der Waals surface area contributed by atoms with E-state index in [1.165, 1.54) is 0 Å². The van der Waals surface area contributed by atoms with Crippen LogP contribution in [0, 0.1) is 0 Å². The summed E-state index contributed by atoms with van der Waals surface area (Å²) in [5, 5.41) is 0. The first-order valence-corrected chi connectivity index (χ1v) is 6.53. The van der Waals surface area contributed by atoms with Gasteiger partial charge in [-0.25, -0.2) is 4.39 Å². The summed E-state index contributed by atoms with van der Waals surface area (Å²) in [6.07, 6.45) is 1.17. The summed E-state index contributed by atoms with van der Waals surface area (Å²) >= 11 is 0. The molecule has 0 spiro atoms. The third-order valence-corrected chi connectivity index (χ3v) is 3.59. The molecule has 2 heterocycles. The first-order chi connectivity index (χ1) is 7.88. The van der Waals surface area contributed by atoms with Gasteiger partial charge in [0, 0.05) is 13.1 Å². The second-order valence-electron chi connectivity index (χ2n) is 6.28. The van der Waals surface area contributed by atoms with E-state index in [0.29, 0.717) is 18.9 Å². The van der Waals surface area contributed by atoms with Crippen LogP contribution in [0.2, 0.25) is 0 Å². The molecule has 0 bridgehead atoms. The molecule has 3 nitrogen and oxygen atoms in total. The van der Waals surface area contributed by atoms with Gasteiger partial charge in [-0.2, -0.15) is 0 Å². The fraction of sp³-hybridized carbons (Fsp3) is 1.00. The molecule has 2 aliphatic heterocycles. The van der Waals surface area contributed by atoms with Crippen molar-refractivity contribution in [3.63, 3.8) is 0 Å². The van der Waals surface area contributed by atoms with Crippen LogP contribution in [0.1, 0.15) is 33.6 Å². The fourth-order valence-electron chi connectivity index (χ4n) is 2.21. The van der Waals surface area contributed by atoms with Gasteiger partial charge in [0.05, 0.1) is 31.5 Å². The molecular formula is C13H24FNO2. The predicted octanol–water partition coefficient (Wildman–Crippen LogP) is 2.00. The van der Waals surface area contributed by atoms with Crippen molar-refractivity contribution in [2.45, 2.75) is 50.9 Å². The van der Waals surface area contributed by atoms with Crippen LogP contribution in [0.15, 0.2) is 0 Å². The highest BCUT2D eigenvalue weighted by Gasteiger charge is 2.39. The molecule has 0 radical (unpaired) electrons. The highest BCUT2D eigenvalue weighted by Crippen LogP contribution is 2.30. The number of halogens is 1. The second-order valence-corrected chi connectivity index (χ2v) is 6.28. The van der Waals surface area contributed by atoms with Gasteiger partial charge in [0.2, 0.25) is 0 Å². The second kappa shape index (κ2) is 4.82. The van der Waals surface area contributed by atoms with Crippen molar-refractivity contribution in [2.24, 2.45) is 0 Å². The Morgan fingerprint density at radius 2 is 1.88 bits per heavy atom. The molecule has 0 N–H and O–H groups in total. The maximum Gasteiger partial charge on any atom is 0.136 e. The molecule has 2 saturated heterocycles. The molecule has 0 atom stereocenters. The van der Waals surface area contributed by atoms with Gasteiger partial charge in [-0.15, -0.1) is 0 Å². The van der Waals surface area contributed by atoms with Gasteiger partial charge in [0.25, 0.3) is 0 Å². The summed E-state index contributed by atoms with van der Waals surface area (Å²) in [7, 11) is 0. The Balaban J connectivity index is 1.76. The van der Waals surface area contributed by atoms with E-state index in [1.54, 1.807) is 0 Å². The van der Waals surface area contributed by atoms with Gasteiger partial charge in [0.15, 0.2) is 0 Å². The number of nitrogens with zero attached hydrogens (tertiary/aromatic N) is 1. The van der Waals surface area contributed by atoms with Crippen LogP contribution >= 0.6 is 0 Å². The third-order valence-electron chi connectivity index (χ3n) is 3.59. The summed E-state index contributed by atoms with van der Waals surface area (Å²) in [5.41, 5.74) is -1.38. The number of rotatable bonds is 3. The van der Waals surface area contributed by atoms with Gasteiger partial charge in [-0.05, 0) is 33.6 Å². The Bertz CT molecular complexity index is 253. The monoisotopic (exact) mass is 245 g/mol. The predicted molar refractivity (Wildman–Crippen MR) is 65.0 cm³/mol. The minimum Gasteiger partial charge on any atom is -0.378 e. The fourth-order valence-corrected chi connectivity index (χ4v) is 2.21. The van der Waals surface area contributed by atoms with Crippen LogP contribution in [0.5, 0.6) is 0 Å². The molecule has 4 heteroatoms. The minimum absolute atomic E-state index is 0.228. The first-order valence-electron chi connectivity index (χ1n) is 6.53. The van der Waals surface area contributed by atoms with E-state index in [1.807, 2.05) is 20.8 Å². The maximum absolute atomic E-state index is 14.5. The number of likely N-dealkylation sites (tertiary alicyclic amines) is 1. The van der Waals surface area contributed by atoms with Crippen molar-refractivity contribution < 1.29 is 13.9 Å². The van der Waals surface area contributed by atoms with Crippen molar-refractivity contribution in [1.82, 2.24) is 4.90 Å². The zero-order valence-electron chi connectivity index (χ0n) is 11.2. The van der Waals surface area contributed by atoms with Crippen LogP contribution in [0.3, 0.4) is 0 Å². The first kappa shape index (κ1) is 13.2. The van der Waals surface area contributed by atoms with Crippen molar-refractivity contribution in [1.29, 1.82) is 0 Å². The average Bonchev–Trinajstić information content (AvgIpc) is 2.16. The summed E-state index contributed by atoms with van der Waals surface area (Å²) in [6, 6.07) is 0.531. The van der Waals surface area contributed by atoms with Crippen LogP contribution < -0.4 is 0 Å². The van der Waals surface area contributed by atoms with Crippen molar-refractivity contribution >= 4 is 0 Å². The number of hydrogen-bond acceptors (Lipinski definition) is 3. The highest BCUT2D eigenvalue weighted by molar-refractivity contribution is 4.90. The Morgan fingerprint density at radius 3 is 2.29 bits per heavy atom. The van der Waals surface area contributed by atoms with Gasteiger partial charge >= 0.3 is 0 Å². The third kappa shape index (κ3) is 3.63. The lowest BCUT2D eigenvalue weighted by molar-refractivity contribution is -0.112. The van der Waals surface area contributed by atoms with E-state index in [9.17, 15) is 4.39 Å². The molecule has 0 saturated carbocycles. The van der Waals surface area contributed by atoms with Gasteiger partial charge in [0.1, 0.15) is 5.67 Å². The van der Waals surface area contributed by atoms with Crippen molar-refractivity contribution in [2.75, 3.05) is 32.9 Å². The number of hydrogen-bond donors (Lipinski definition) is 0. The van der Waals surface area contributed by atoms with E-state index >= 15 is 0 Å². The van der Waals surface area contributed by atoms with E-state index in [-0.39, 0.29) is 12.2 Å². The lowest BCUT2D eigenvalue weighted by Gasteiger charge is -2.43. The molecule has 2 fully saturated rings. The molecule has 0 amide bonds. The Kier molecular flexibility index (Phi) is 3.76. The number of piperidine rings is 1. The summed E-state index contributed by atoms with van der Waals surface area (Å²) in [6.45, 7) is 9.43. The summed E-state index contributed by atoms with van der Waals surface area (Å²) in [5.74, 6) is 0. The van der Waals surface area contributed by atoms with Crippen molar-refractivity contribution in [3.8, 4) is 0 Å². The molecule has 0 aromatic rings.